The Morgan fingerprint density at radius 1 is 0.900 bits per heavy atom. The number of benzene rings is 4. The lowest BCUT2D eigenvalue weighted by atomic mass is 10.1. The van der Waals surface area contributed by atoms with Crippen molar-refractivity contribution in [3.63, 3.8) is 0 Å². The van der Waals surface area contributed by atoms with Crippen LogP contribution in [-0.4, -0.2) is 33.6 Å². The van der Waals surface area contributed by atoms with E-state index in [1.807, 2.05) is 84.9 Å². The number of hydrogen-bond donors (Lipinski definition) is 0. The molecule has 2 heterocycles. The molecule has 1 saturated heterocycles. The van der Waals surface area contributed by atoms with Crippen LogP contribution in [0.4, 0.5) is 5.69 Å². The maximum Gasteiger partial charge on any atom is 0.257 e. The van der Waals surface area contributed by atoms with Crippen molar-refractivity contribution < 1.29 is 14.4 Å². The van der Waals surface area contributed by atoms with Crippen molar-refractivity contribution in [3.05, 3.63) is 120 Å². The van der Waals surface area contributed by atoms with E-state index in [4.69, 9.17) is 4.98 Å². The van der Waals surface area contributed by atoms with Gasteiger partial charge < -0.3 is 4.90 Å². The first kappa shape index (κ1) is 25.6. The molecule has 0 bridgehead atoms. The molecular formula is C33H27N3O3S. The van der Waals surface area contributed by atoms with Crippen molar-refractivity contribution in [2.24, 2.45) is 0 Å². The number of rotatable bonds is 7. The summed E-state index contributed by atoms with van der Waals surface area (Å²) in [7, 11) is 0. The molecule has 0 radical (unpaired) electrons. The van der Waals surface area contributed by atoms with E-state index in [-0.39, 0.29) is 37.1 Å². The van der Waals surface area contributed by atoms with Crippen molar-refractivity contribution >= 4 is 45.0 Å². The van der Waals surface area contributed by atoms with Crippen LogP contribution in [0.3, 0.4) is 0 Å². The minimum absolute atomic E-state index is 0.0504. The van der Waals surface area contributed by atoms with Crippen LogP contribution in [-0.2, 0) is 27.3 Å². The number of thiazole rings is 1. The van der Waals surface area contributed by atoms with Crippen LogP contribution in [0.2, 0.25) is 0 Å². The molecule has 0 saturated carbocycles. The minimum atomic E-state index is -0.865. The van der Waals surface area contributed by atoms with Crippen LogP contribution in [0, 0.1) is 6.92 Å². The third-order valence-electron chi connectivity index (χ3n) is 7.13. The molecule has 5 aromatic rings. The quantitative estimate of drug-likeness (QED) is 0.229. The number of hydrogen-bond acceptors (Lipinski definition) is 5. The van der Waals surface area contributed by atoms with Crippen LogP contribution in [0.25, 0.3) is 20.8 Å². The second kappa shape index (κ2) is 10.9. The number of amides is 3. The Kier molecular flexibility index (Phi) is 6.97. The number of carbonyl (C=O) groups excluding carboxylic acids is 3. The highest BCUT2D eigenvalue weighted by Crippen LogP contribution is 2.33. The summed E-state index contributed by atoms with van der Waals surface area (Å²) in [6.07, 6.45) is 0.104. The van der Waals surface area contributed by atoms with Gasteiger partial charge in [0.25, 0.3) is 5.91 Å². The Balaban J connectivity index is 1.25. The molecule has 1 atom stereocenters. The molecule has 198 valence electrons. The van der Waals surface area contributed by atoms with Gasteiger partial charge in [0.05, 0.1) is 28.7 Å². The van der Waals surface area contributed by atoms with E-state index in [1.165, 1.54) is 10.5 Å². The maximum absolute atomic E-state index is 13.7. The van der Waals surface area contributed by atoms with Crippen LogP contribution >= 0.6 is 11.3 Å². The van der Waals surface area contributed by atoms with Crippen molar-refractivity contribution in [2.75, 3.05) is 4.90 Å². The first-order chi connectivity index (χ1) is 19.5. The monoisotopic (exact) mass is 545 g/mol. The van der Waals surface area contributed by atoms with Gasteiger partial charge in [-0.25, -0.2) is 9.88 Å². The van der Waals surface area contributed by atoms with E-state index in [1.54, 1.807) is 28.4 Å². The largest absolute Gasteiger partial charge is 0.325 e. The van der Waals surface area contributed by atoms with E-state index < -0.39 is 6.04 Å². The summed E-state index contributed by atoms with van der Waals surface area (Å²) in [6, 6.07) is 31.6. The lowest BCUT2D eigenvalue weighted by Crippen LogP contribution is -2.45. The van der Waals surface area contributed by atoms with E-state index in [0.29, 0.717) is 5.69 Å². The SMILES string of the molecule is Cc1ccc2nc(-c3ccc(N4C(=O)CC(N(Cc5ccccc5)C(=O)Cc5ccccc5)C4=O)cc3)sc2c1. The van der Waals surface area contributed by atoms with Crippen LogP contribution in [0.1, 0.15) is 23.1 Å². The number of fused-ring (bicyclic) bond motifs is 1. The van der Waals surface area contributed by atoms with Gasteiger partial charge >= 0.3 is 0 Å². The third-order valence-corrected chi connectivity index (χ3v) is 8.20. The number of anilines is 1. The summed E-state index contributed by atoms with van der Waals surface area (Å²) in [6.45, 7) is 2.31. The van der Waals surface area contributed by atoms with E-state index in [0.717, 1.165) is 31.9 Å². The zero-order valence-corrected chi connectivity index (χ0v) is 22.8. The highest BCUT2D eigenvalue weighted by molar-refractivity contribution is 7.21. The Hall–Kier alpha value is -4.62. The molecule has 3 amide bonds. The Bertz CT molecular complexity index is 1700. The highest BCUT2D eigenvalue weighted by atomic mass is 32.1. The molecule has 0 N–H and O–H groups in total. The fourth-order valence-corrected chi connectivity index (χ4v) is 6.13. The number of carbonyl (C=O) groups is 3. The van der Waals surface area contributed by atoms with Crippen LogP contribution < -0.4 is 4.90 Å². The molecule has 40 heavy (non-hydrogen) atoms. The number of aromatic nitrogens is 1. The van der Waals surface area contributed by atoms with Crippen molar-refractivity contribution in [3.8, 4) is 10.6 Å². The highest BCUT2D eigenvalue weighted by Gasteiger charge is 2.44. The second-order valence-corrected chi connectivity index (χ2v) is 11.0. The third kappa shape index (κ3) is 5.16. The lowest BCUT2D eigenvalue weighted by molar-refractivity contribution is -0.138. The molecule has 1 aromatic heterocycles. The van der Waals surface area contributed by atoms with Gasteiger partial charge in [0.2, 0.25) is 11.8 Å². The topological polar surface area (TPSA) is 70.6 Å². The van der Waals surface area contributed by atoms with Crippen molar-refractivity contribution in [2.45, 2.75) is 32.4 Å². The average molecular weight is 546 g/mol. The van der Waals surface area contributed by atoms with E-state index >= 15 is 0 Å². The summed E-state index contributed by atoms with van der Waals surface area (Å²) < 4.78 is 1.12. The average Bonchev–Trinajstić information content (AvgIpc) is 3.52. The van der Waals surface area contributed by atoms with Gasteiger partial charge in [-0.1, -0.05) is 66.7 Å². The minimum Gasteiger partial charge on any atom is -0.325 e. The summed E-state index contributed by atoms with van der Waals surface area (Å²) in [4.78, 5) is 47.9. The number of aryl methyl sites for hydroxylation is 1. The van der Waals surface area contributed by atoms with E-state index in [2.05, 4.69) is 13.0 Å². The lowest BCUT2D eigenvalue weighted by Gasteiger charge is -2.28. The first-order valence-electron chi connectivity index (χ1n) is 13.2. The normalized spacial score (nSPS) is 15.1. The number of nitrogens with zero attached hydrogens (tertiary/aromatic N) is 3. The molecule has 4 aromatic carbocycles. The van der Waals surface area contributed by atoms with E-state index in [9.17, 15) is 14.4 Å². The zero-order chi connectivity index (χ0) is 27.6. The maximum atomic E-state index is 13.7. The van der Waals surface area contributed by atoms with Gasteiger partial charge in [0.15, 0.2) is 0 Å². The molecule has 7 heteroatoms. The van der Waals surface area contributed by atoms with Gasteiger partial charge in [0, 0.05) is 12.1 Å². The molecule has 1 aliphatic heterocycles. The van der Waals surface area contributed by atoms with Gasteiger partial charge in [0.1, 0.15) is 11.0 Å². The molecule has 0 aliphatic carbocycles. The molecule has 0 spiro atoms. The molecule has 1 fully saturated rings. The molecule has 6 nitrogen and oxygen atoms in total. The van der Waals surface area contributed by atoms with Gasteiger partial charge in [-0.3, -0.25) is 14.4 Å². The predicted molar refractivity (Wildman–Crippen MR) is 158 cm³/mol. The van der Waals surface area contributed by atoms with Crippen molar-refractivity contribution in [1.82, 2.24) is 9.88 Å². The van der Waals surface area contributed by atoms with Crippen LogP contribution in [0.5, 0.6) is 0 Å². The molecular weight excluding hydrogens is 518 g/mol. The summed E-state index contributed by atoms with van der Waals surface area (Å²) in [5.41, 5.74) is 5.30. The molecule has 1 unspecified atom stereocenters. The Morgan fingerprint density at radius 2 is 1.57 bits per heavy atom. The summed E-state index contributed by atoms with van der Waals surface area (Å²) in [5, 5.41) is 0.879. The zero-order valence-electron chi connectivity index (χ0n) is 22.0. The van der Waals surface area contributed by atoms with Crippen molar-refractivity contribution in [1.29, 1.82) is 0 Å². The predicted octanol–water partition coefficient (Wildman–Crippen LogP) is 6.18. The van der Waals surface area contributed by atoms with Gasteiger partial charge in [-0.05, 0) is 60.0 Å². The molecule has 6 rings (SSSR count). The fraction of sp³-hybridized carbons (Fsp3) is 0.152. The summed E-state index contributed by atoms with van der Waals surface area (Å²) in [5.74, 6) is -0.890. The van der Waals surface area contributed by atoms with Gasteiger partial charge in [-0.2, -0.15) is 0 Å². The Labute approximate surface area is 236 Å². The fourth-order valence-electron chi connectivity index (χ4n) is 5.06. The number of imide groups is 1. The smallest absolute Gasteiger partial charge is 0.257 e. The summed E-state index contributed by atoms with van der Waals surface area (Å²) >= 11 is 1.61. The Morgan fingerprint density at radius 3 is 2.27 bits per heavy atom. The standard InChI is InChI=1S/C33H27N3O3S/c1-22-12-17-27-29(18-22)40-32(34-27)25-13-15-26(16-14-25)36-31(38)20-28(33(36)39)35(21-24-10-6-3-7-11-24)30(37)19-23-8-4-2-5-9-23/h2-18,28H,19-21H2,1H3. The van der Waals surface area contributed by atoms with Gasteiger partial charge in [-0.15, -0.1) is 11.3 Å². The van der Waals surface area contributed by atoms with Crippen LogP contribution in [0.15, 0.2) is 103 Å². The second-order valence-electron chi connectivity index (χ2n) is 9.99. The first-order valence-corrected chi connectivity index (χ1v) is 14.0. The molecule has 1 aliphatic rings.